The van der Waals surface area contributed by atoms with Crippen LogP contribution in [0.1, 0.15) is 0 Å². The summed E-state index contributed by atoms with van der Waals surface area (Å²) < 4.78 is 28.3. The number of hydrogen-bond acceptors (Lipinski definition) is 5. The number of sulfone groups is 1. The van der Waals surface area contributed by atoms with Gasteiger partial charge in [0.15, 0.2) is 9.84 Å². The minimum Gasteiger partial charge on any atom is -0.493 e. The maximum atomic E-state index is 11.4. The molecule has 4 nitrogen and oxygen atoms in total. The molecule has 0 spiro atoms. The molecule has 0 fully saturated rings. The molecule has 0 amide bonds. The Balaban J connectivity index is 1.81. The van der Waals surface area contributed by atoms with E-state index >= 15 is 0 Å². The summed E-state index contributed by atoms with van der Waals surface area (Å²) in [4.78, 5) is 1.35. The van der Waals surface area contributed by atoms with Crippen molar-refractivity contribution in [2.75, 3.05) is 24.3 Å². The van der Waals surface area contributed by atoms with Gasteiger partial charge in [-0.3, -0.25) is 0 Å². The summed E-state index contributed by atoms with van der Waals surface area (Å²) in [5.74, 6) is 1.52. The number of benzene rings is 2. The van der Waals surface area contributed by atoms with Crippen LogP contribution in [0.2, 0.25) is 0 Å². The van der Waals surface area contributed by atoms with Crippen LogP contribution in [-0.4, -0.2) is 27.0 Å². The molecule has 0 aliphatic carbocycles. The molecule has 2 aromatic carbocycles. The second kappa shape index (κ2) is 6.87. The van der Waals surface area contributed by atoms with Gasteiger partial charge in [0.2, 0.25) is 0 Å². The van der Waals surface area contributed by atoms with Gasteiger partial charge < -0.3 is 10.5 Å². The van der Waals surface area contributed by atoms with E-state index in [-0.39, 0.29) is 0 Å². The van der Waals surface area contributed by atoms with Gasteiger partial charge in [0, 0.05) is 28.7 Å². The lowest BCUT2D eigenvalue weighted by atomic mass is 10.3. The third kappa shape index (κ3) is 4.99. The number of ether oxygens (including phenoxy) is 1. The zero-order chi connectivity index (χ0) is 15.3. The summed E-state index contributed by atoms with van der Waals surface area (Å²) in [6, 6.07) is 14.2. The second-order valence-corrected chi connectivity index (χ2v) is 7.70. The van der Waals surface area contributed by atoms with Gasteiger partial charge in [-0.2, -0.15) is 0 Å². The second-order valence-electron chi connectivity index (χ2n) is 4.51. The molecule has 0 saturated carbocycles. The SMILES string of the molecule is CS(=O)(=O)c1ccc(SCCOc2cccc(N)c2)cc1. The fourth-order valence-electron chi connectivity index (χ4n) is 1.71. The van der Waals surface area contributed by atoms with Crippen LogP contribution in [-0.2, 0) is 9.84 Å². The van der Waals surface area contributed by atoms with Crippen molar-refractivity contribution in [1.82, 2.24) is 0 Å². The Labute approximate surface area is 129 Å². The first-order chi connectivity index (χ1) is 9.95. The summed E-state index contributed by atoms with van der Waals surface area (Å²) in [7, 11) is -3.13. The minimum atomic E-state index is -3.13. The van der Waals surface area contributed by atoms with Gasteiger partial charge in [-0.1, -0.05) is 6.07 Å². The molecule has 0 aliphatic rings. The fourth-order valence-corrected chi connectivity index (χ4v) is 3.07. The molecule has 2 rings (SSSR count). The number of nitrogen functional groups attached to an aromatic ring is 1. The lowest BCUT2D eigenvalue weighted by Crippen LogP contribution is -2.00. The predicted octanol–water partition coefficient (Wildman–Crippen LogP) is 2.84. The molecule has 6 heteroatoms. The standard InChI is InChI=1S/C15H17NO3S2/c1-21(17,18)15-7-5-14(6-8-15)20-10-9-19-13-4-2-3-12(16)11-13/h2-8,11H,9-10,16H2,1H3. The Kier molecular flexibility index (Phi) is 5.14. The van der Waals surface area contributed by atoms with Crippen molar-refractivity contribution >= 4 is 27.3 Å². The highest BCUT2D eigenvalue weighted by Gasteiger charge is 2.06. The van der Waals surface area contributed by atoms with Crippen LogP contribution in [0.5, 0.6) is 5.75 Å². The molecule has 21 heavy (non-hydrogen) atoms. The van der Waals surface area contributed by atoms with Crippen LogP contribution in [0, 0.1) is 0 Å². The first-order valence-corrected chi connectivity index (χ1v) is 9.24. The Morgan fingerprint density at radius 1 is 1.14 bits per heavy atom. The van der Waals surface area contributed by atoms with Gasteiger partial charge in [0.05, 0.1) is 11.5 Å². The molecule has 0 aromatic heterocycles. The molecule has 2 aromatic rings. The van der Waals surface area contributed by atoms with Gasteiger partial charge in [-0.05, 0) is 36.4 Å². The highest BCUT2D eigenvalue weighted by Crippen LogP contribution is 2.21. The van der Waals surface area contributed by atoms with E-state index in [9.17, 15) is 8.42 Å². The number of anilines is 1. The fraction of sp³-hybridized carbons (Fsp3) is 0.200. The third-order valence-electron chi connectivity index (χ3n) is 2.73. The van der Waals surface area contributed by atoms with Crippen molar-refractivity contribution in [2.45, 2.75) is 9.79 Å². The van der Waals surface area contributed by atoms with E-state index in [0.29, 0.717) is 17.2 Å². The molecule has 0 aliphatic heterocycles. The maximum absolute atomic E-state index is 11.4. The zero-order valence-electron chi connectivity index (χ0n) is 11.7. The van der Waals surface area contributed by atoms with Crippen molar-refractivity contribution in [2.24, 2.45) is 0 Å². The lowest BCUT2D eigenvalue weighted by molar-refractivity contribution is 0.344. The Bertz CT molecular complexity index is 697. The largest absolute Gasteiger partial charge is 0.493 e. The summed E-state index contributed by atoms with van der Waals surface area (Å²) >= 11 is 1.61. The normalized spacial score (nSPS) is 11.3. The number of thioether (sulfide) groups is 1. The van der Waals surface area contributed by atoms with Crippen LogP contribution in [0.15, 0.2) is 58.3 Å². The van der Waals surface area contributed by atoms with Crippen molar-refractivity contribution in [3.63, 3.8) is 0 Å². The Morgan fingerprint density at radius 2 is 1.86 bits per heavy atom. The minimum absolute atomic E-state index is 0.336. The van der Waals surface area contributed by atoms with Gasteiger partial charge in [0.1, 0.15) is 5.75 Å². The molecule has 0 heterocycles. The van der Waals surface area contributed by atoms with Crippen LogP contribution in [0.25, 0.3) is 0 Å². The lowest BCUT2D eigenvalue weighted by Gasteiger charge is -2.07. The van der Waals surface area contributed by atoms with Crippen molar-refractivity contribution in [3.8, 4) is 5.75 Å². The van der Waals surface area contributed by atoms with E-state index in [2.05, 4.69) is 0 Å². The Morgan fingerprint density at radius 3 is 2.48 bits per heavy atom. The smallest absolute Gasteiger partial charge is 0.175 e. The van der Waals surface area contributed by atoms with Gasteiger partial charge in [0.25, 0.3) is 0 Å². The molecule has 2 N–H and O–H groups in total. The molecule has 0 atom stereocenters. The summed E-state index contributed by atoms with van der Waals surface area (Å²) in [6.45, 7) is 0.557. The first-order valence-electron chi connectivity index (χ1n) is 6.36. The van der Waals surface area contributed by atoms with Gasteiger partial charge >= 0.3 is 0 Å². The van der Waals surface area contributed by atoms with Crippen molar-refractivity contribution < 1.29 is 13.2 Å². The molecule has 0 unspecified atom stereocenters. The molecular weight excluding hydrogens is 306 g/mol. The van der Waals surface area contributed by atoms with E-state index in [1.165, 1.54) is 6.26 Å². The highest BCUT2D eigenvalue weighted by atomic mass is 32.2. The molecular formula is C15H17NO3S2. The predicted molar refractivity (Wildman–Crippen MR) is 86.6 cm³/mol. The van der Waals surface area contributed by atoms with Crippen molar-refractivity contribution in [1.29, 1.82) is 0 Å². The van der Waals surface area contributed by atoms with Gasteiger partial charge in [-0.25, -0.2) is 8.42 Å². The molecule has 0 bridgehead atoms. The summed E-state index contributed by atoms with van der Waals surface area (Å²) in [5.41, 5.74) is 6.35. The monoisotopic (exact) mass is 323 g/mol. The average molecular weight is 323 g/mol. The van der Waals surface area contributed by atoms with E-state index in [1.807, 2.05) is 30.3 Å². The third-order valence-corrected chi connectivity index (χ3v) is 4.84. The molecule has 0 radical (unpaired) electrons. The molecule has 0 saturated heterocycles. The van der Waals surface area contributed by atoms with Crippen LogP contribution >= 0.6 is 11.8 Å². The topological polar surface area (TPSA) is 69.4 Å². The average Bonchev–Trinajstić information content (AvgIpc) is 2.43. The Hall–Kier alpha value is -1.66. The molecule has 112 valence electrons. The maximum Gasteiger partial charge on any atom is 0.175 e. The zero-order valence-corrected chi connectivity index (χ0v) is 13.3. The highest BCUT2D eigenvalue weighted by molar-refractivity contribution is 7.99. The number of rotatable bonds is 6. The van der Waals surface area contributed by atoms with Crippen LogP contribution in [0.4, 0.5) is 5.69 Å². The van der Waals surface area contributed by atoms with E-state index in [0.717, 1.165) is 16.4 Å². The van der Waals surface area contributed by atoms with E-state index in [4.69, 9.17) is 10.5 Å². The first kappa shape index (κ1) is 15.7. The number of hydrogen-bond donors (Lipinski definition) is 1. The van der Waals surface area contributed by atoms with E-state index < -0.39 is 9.84 Å². The van der Waals surface area contributed by atoms with E-state index in [1.54, 1.807) is 30.0 Å². The quantitative estimate of drug-likeness (QED) is 0.503. The van der Waals surface area contributed by atoms with Crippen LogP contribution in [0.3, 0.4) is 0 Å². The summed E-state index contributed by atoms with van der Waals surface area (Å²) in [5, 5.41) is 0. The van der Waals surface area contributed by atoms with Gasteiger partial charge in [-0.15, -0.1) is 11.8 Å². The summed E-state index contributed by atoms with van der Waals surface area (Å²) in [6.07, 6.45) is 1.20. The number of nitrogens with two attached hydrogens (primary N) is 1. The van der Waals surface area contributed by atoms with Crippen molar-refractivity contribution in [3.05, 3.63) is 48.5 Å². The van der Waals surface area contributed by atoms with Crippen LogP contribution < -0.4 is 10.5 Å².